The summed E-state index contributed by atoms with van der Waals surface area (Å²) >= 11 is 5.04. The number of rotatable bonds is 5. The molecular weight excluding hydrogens is 423 g/mol. The molecule has 0 unspecified atom stereocenters. The fourth-order valence-electron chi connectivity index (χ4n) is 2.23. The minimum Gasteiger partial charge on any atom is -0.489 e. The highest BCUT2D eigenvalue weighted by atomic mass is 32.1. The maximum Gasteiger partial charge on any atom is 0.420 e. The molecule has 0 aromatic carbocycles. The summed E-state index contributed by atoms with van der Waals surface area (Å²) < 4.78 is 49.9. The van der Waals surface area contributed by atoms with Gasteiger partial charge in [-0.05, 0) is 44.3 Å². The van der Waals surface area contributed by atoms with E-state index in [2.05, 4.69) is 25.0 Å². The zero-order valence-electron chi connectivity index (χ0n) is 16.1. The Kier molecular flexibility index (Phi) is 7.27. The van der Waals surface area contributed by atoms with Crippen LogP contribution in [-0.2, 0) is 10.9 Å². The molecule has 0 saturated carbocycles. The van der Waals surface area contributed by atoms with E-state index in [1.807, 2.05) is 0 Å². The Morgan fingerprint density at radius 2 is 2.03 bits per heavy atom. The average molecular weight is 441 g/mol. The number of anilines is 1. The van der Waals surface area contributed by atoms with Crippen LogP contribution in [0.25, 0.3) is 0 Å². The van der Waals surface area contributed by atoms with E-state index in [0.717, 1.165) is 12.3 Å². The molecule has 8 nitrogen and oxygen atoms in total. The van der Waals surface area contributed by atoms with Crippen molar-refractivity contribution in [3.8, 4) is 5.75 Å². The Morgan fingerprint density at radius 3 is 2.63 bits per heavy atom. The summed E-state index contributed by atoms with van der Waals surface area (Å²) in [5.74, 6) is -1.41. The molecule has 0 aliphatic carbocycles. The highest BCUT2D eigenvalue weighted by Gasteiger charge is 2.35. The van der Waals surface area contributed by atoms with Gasteiger partial charge in [-0.3, -0.25) is 0 Å². The quantitative estimate of drug-likeness (QED) is 0.315. The second-order valence-corrected chi connectivity index (χ2v) is 6.44. The van der Waals surface area contributed by atoms with Crippen LogP contribution in [0.15, 0.2) is 35.6 Å². The molecule has 0 radical (unpaired) electrons. The van der Waals surface area contributed by atoms with E-state index in [9.17, 15) is 18.0 Å². The number of aromatic nitrogens is 2. The number of hydrogen-bond donors (Lipinski definition) is 2. The number of esters is 1. The van der Waals surface area contributed by atoms with Crippen LogP contribution in [0.1, 0.15) is 35.5 Å². The Bertz CT molecular complexity index is 980. The molecule has 2 heterocycles. The fraction of sp³-hybridized carbons (Fsp3) is 0.278. The number of carbonyl (C=O) groups excluding carboxylic acids is 1. The van der Waals surface area contributed by atoms with Crippen molar-refractivity contribution in [1.82, 2.24) is 9.97 Å². The van der Waals surface area contributed by atoms with Gasteiger partial charge >= 0.3 is 12.1 Å². The molecule has 160 valence electrons. The van der Waals surface area contributed by atoms with Crippen molar-refractivity contribution in [3.05, 3.63) is 47.4 Å². The van der Waals surface area contributed by atoms with Gasteiger partial charge in [0.15, 0.2) is 10.9 Å². The summed E-state index contributed by atoms with van der Waals surface area (Å²) in [5, 5.41) is 2.34. The van der Waals surface area contributed by atoms with E-state index < -0.39 is 29.6 Å². The van der Waals surface area contributed by atoms with Crippen LogP contribution >= 0.6 is 12.2 Å². The van der Waals surface area contributed by atoms with Crippen molar-refractivity contribution in [1.29, 1.82) is 0 Å². The largest absolute Gasteiger partial charge is 0.489 e. The summed E-state index contributed by atoms with van der Waals surface area (Å²) in [4.78, 5) is 23.4. The predicted octanol–water partition coefficient (Wildman–Crippen LogP) is 3.17. The van der Waals surface area contributed by atoms with Crippen LogP contribution in [0.3, 0.4) is 0 Å². The Morgan fingerprint density at radius 1 is 1.33 bits per heavy atom. The lowest BCUT2D eigenvalue weighted by atomic mass is 10.2. The lowest BCUT2D eigenvalue weighted by molar-refractivity contribution is -0.139. The maximum absolute atomic E-state index is 13.4. The second kappa shape index (κ2) is 9.48. The van der Waals surface area contributed by atoms with Crippen molar-refractivity contribution in [2.24, 2.45) is 10.7 Å². The molecule has 12 heteroatoms. The van der Waals surface area contributed by atoms with E-state index in [1.165, 1.54) is 25.4 Å². The van der Waals surface area contributed by atoms with Crippen LogP contribution in [0.4, 0.5) is 19.0 Å². The number of halogens is 3. The minimum atomic E-state index is -4.69. The molecule has 0 spiro atoms. The van der Waals surface area contributed by atoms with Gasteiger partial charge in [-0.25, -0.2) is 19.8 Å². The highest BCUT2D eigenvalue weighted by Crippen LogP contribution is 2.36. The number of nitrogens with two attached hydrogens (primary N) is 1. The third kappa shape index (κ3) is 5.86. The van der Waals surface area contributed by atoms with Gasteiger partial charge in [0.05, 0.1) is 19.4 Å². The number of hydrogen-bond acceptors (Lipinski definition) is 6. The molecule has 0 aliphatic rings. The predicted molar refractivity (Wildman–Crippen MR) is 108 cm³/mol. The average Bonchev–Trinajstić information content (AvgIpc) is 2.66. The van der Waals surface area contributed by atoms with E-state index in [0.29, 0.717) is 0 Å². The van der Waals surface area contributed by atoms with E-state index >= 15 is 0 Å². The van der Waals surface area contributed by atoms with E-state index in [-0.39, 0.29) is 28.0 Å². The SMILES string of the molecule is COC(=O)c1cccnc1NC(=S)/N=C(\N)c1cc(C(F)(F)F)c(OC(C)C)cn1. The van der Waals surface area contributed by atoms with Crippen LogP contribution in [-0.4, -0.2) is 40.1 Å². The monoisotopic (exact) mass is 441 g/mol. The topological polar surface area (TPSA) is 112 Å². The molecule has 2 rings (SSSR count). The number of nitrogens with zero attached hydrogens (tertiary/aromatic N) is 3. The Balaban J connectivity index is 2.31. The zero-order chi connectivity index (χ0) is 22.5. The van der Waals surface area contributed by atoms with Crippen LogP contribution in [0, 0.1) is 0 Å². The molecule has 0 saturated heterocycles. The first-order valence-corrected chi connectivity index (χ1v) is 8.86. The molecule has 0 amide bonds. The fourth-order valence-corrected chi connectivity index (χ4v) is 2.42. The summed E-state index contributed by atoms with van der Waals surface area (Å²) in [6.07, 6.45) is -2.85. The van der Waals surface area contributed by atoms with E-state index in [1.54, 1.807) is 13.8 Å². The first-order valence-electron chi connectivity index (χ1n) is 8.45. The van der Waals surface area contributed by atoms with Gasteiger partial charge in [0.2, 0.25) is 0 Å². The van der Waals surface area contributed by atoms with E-state index in [4.69, 9.17) is 22.7 Å². The standard InChI is InChI=1S/C18H18F3N5O3S/c1-9(2)29-13-8-24-12(7-11(13)18(19,20)21)14(22)25-17(30)26-15-10(16(27)28-3)5-4-6-23-15/h4-9H,1-3H3,(H3,22,23,25,26,30). The van der Waals surface area contributed by atoms with Gasteiger partial charge in [-0.1, -0.05) is 0 Å². The summed E-state index contributed by atoms with van der Waals surface area (Å²) in [7, 11) is 1.20. The number of nitrogens with one attached hydrogen (secondary N) is 1. The third-order valence-corrected chi connectivity index (χ3v) is 3.65. The highest BCUT2D eigenvalue weighted by molar-refractivity contribution is 7.80. The molecule has 0 aliphatic heterocycles. The maximum atomic E-state index is 13.4. The van der Waals surface area contributed by atoms with Crippen molar-refractivity contribution in [2.75, 3.05) is 12.4 Å². The van der Waals surface area contributed by atoms with Crippen molar-refractivity contribution < 1.29 is 27.4 Å². The molecular formula is C18H18F3N5O3S. The molecule has 0 fully saturated rings. The second-order valence-electron chi connectivity index (χ2n) is 6.05. The molecule has 2 aromatic heterocycles. The number of carbonyl (C=O) groups is 1. The summed E-state index contributed by atoms with van der Waals surface area (Å²) in [6, 6.07) is 3.68. The number of alkyl halides is 3. The lowest BCUT2D eigenvalue weighted by Gasteiger charge is -2.16. The molecule has 3 N–H and O–H groups in total. The normalized spacial score (nSPS) is 11.9. The van der Waals surface area contributed by atoms with Gasteiger partial charge < -0.3 is 20.5 Å². The Labute approximate surface area is 175 Å². The van der Waals surface area contributed by atoms with Gasteiger partial charge in [0.1, 0.15) is 28.4 Å². The van der Waals surface area contributed by atoms with Gasteiger partial charge in [-0.15, -0.1) is 0 Å². The molecule has 30 heavy (non-hydrogen) atoms. The lowest BCUT2D eigenvalue weighted by Crippen LogP contribution is -2.22. The van der Waals surface area contributed by atoms with Gasteiger partial charge in [0.25, 0.3) is 0 Å². The number of amidine groups is 1. The number of pyridine rings is 2. The van der Waals surface area contributed by atoms with Gasteiger partial charge in [-0.2, -0.15) is 13.2 Å². The van der Waals surface area contributed by atoms with Crippen LogP contribution in [0.5, 0.6) is 5.75 Å². The summed E-state index contributed by atoms with van der Waals surface area (Å²) in [6.45, 7) is 3.18. The number of ether oxygens (including phenoxy) is 2. The van der Waals surface area contributed by atoms with Crippen molar-refractivity contribution in [2.45, 2.75) is 26.1 Å². The Hall–Kier alpha value is -3.28. The number of thiocarbonyl (C=S) groups is 1. The van der Waals surface area contributed by atoms with Crippen molar-refractivity contribution >= 4 is 35.0 Å². The number of methoxy groups -OCH3 is 1. The molecule has 2 aromatic rings. The first-order chi connectivity index (χ1) is 14.0. The van der Waals surface area contributed by atoms with Gasteiger partial charge in [0, 0.05) is 6.20 Å². The molecule has 0 atom stereocenters. The smallest absolute Gasteiger partial charge is 0.420 e. The van der Waals surface area contributed by atoms with Crippen molar-refractivity contribution in [3.63, 3.8) is 0 Å². The zero-order valence-corrected chi connectivity index (χ0v) is 17.0. The minimum absolute atomic E-state index is 0.0514. The van der Waals surface area contributed by atoms with Crippen LogP contribution in [0.2, 0.25) is 0 Å². The van der Waals surface area contributed by atoms with Crippen LogP contribution < -0.4 is 15.8 Å². The first kappa shape index (κ1) is 23.0. The third-order valence-electron chi connectivity index (χ3n) is 3.46. The molecule has 0 bridgehead atoms. The summed E-state index contributed by atoms with van der Waals surface area (Å²) in [5.41, 5.74) is 4.57. The number of aliphatic imine (C=N–C) groups is 1.